The van der Waals surface area contributed by atoms with E-state index < -0.39 is 10.0 Å². The second kappa shape index (κ2) is 6.11. The Hall–Kier alpha value is -1.11. The number of nitrogens with zero attached hydrogens (tertiary/aromatic N) is 1. The van der Waals surface area contributed by atoms with Gasteiger partial charge >= 0.3 is 0 Å². The van der Waals surface area contributed by atoms with E-state index in [9.17, 15) is 8.42 Å². The van der Waals surface area contributed by atoms with Crippen LogP contribution in [0.4, 0.5) is 5.69 Å². The van der Waals surface area contributed by atoms with Gasteiger partial charge in [-0.1, -0.05) is 6.07 Å². The van der Waals surface area contributed by atoms with Gasteiger partial charge in [-0.3, -0.25) is 0 Å². The molecule has 1 aromatic carbocycles. The van der Waals surface area contributed by atoms with Crippen LogP contribution in [-0.2, 0) is 10.0 Å². The fraction of sp³-hybridized carbons (Fsp3) is 0.571. The van der Waals surface area contributed by atoms with E-state index in [4.69, 9.17) is 5.73 Å². The molecular formula is C14H23N3O2S. The average molecular weight is 297 g/mol. The van der Waals surface area contributed by atoms with Gasteiger partial charge < -0.3 is 10.6 Å². The molecule has 0 atom stereocenters. The van der Waals surface area contributed by atoms with Crippen molar-refractivity contribution in [2.45, 2.75) is 31.6 Å². The van der Waals surface area contributed by atoms with E-state index in [0.717, 1.165) is 25.2 Å². The lowest BCUT2D eigenvalue weighted by molar-refractivity contribution is 0.344. The number of nitrogens with two attached hydrogens (primary N) is 1. The Morgan fingerprint density at radius 3 is 2.55 bits per heavy atom. The molecule has 0 aliphatic carbocycles. The van der Waals surface area contributed by atoms with Gasteiger partial charge in [0, 0.05) is 18.8 Å². The van der Waals surface area contributed by atoms with Crippen LogP contribution in [0.5, 0.6) is 0 Å². The molecule has 1 aliphatic rings. The van der Waals surface area contributed by atoms with Gasteiger partial charge in [-0.25, -0.2) is 13.1 Å². The molecule has 1 saturated heterocycles. The van der Waals surface area contributed by atoms with Gasteiger partial charge in [0.2, 0.25) is 10.0 Å². The van der Waals surface area contributed by atoms with E-state index in [1.165, 1.54) is 12.8 Å². The number of benzene rings is 1. The Bertz CT molecular complexity index is 578. The summed E-state index contributed by atoms with van der Waals surface area (Å²) in [6, 6.07) is 3.49. The Morgan fingerprint density at radius 2 is 1.90 bits per heavy atom. The molecule has 20 heavy (non-hydrogen) atoms. The summed E-state index contributed by atoms with van der Waals surface area (Å²) >= 11 is 0. The van der Waals surface area contributed by atoms with Crippen molar-refractivity contribution in [3.05, 3.63) is 23.3 Å². The molecule has 1 aliphatic heterocycles. The second-order valence-corrected chi connectivity index (χ2v) is 7.08. The minimum atomic E-state index is -3.49. The fourth-order valence-electron chi connectivity index (χ4n) is 2.67. The monoisotopic (exact) mass is 297 g/mol. The molecule has 0 aromatic heterocycles. The van der Waals surface area contributed by atoms with Crippen LogP contribution in [0.15, 0.2) is 17.0 Å². The number of aryl methyl sites for hydroxylation is 1. The van der Waals surface area contributed by atoms with Crippen molar-refractivity contribution in [1.29, 1.82) is 0 Å². The maximum absolute atomic E-state index is 12.4. The molecule has 6 heteroatoms. The van der Waals surface area contributed by atoms with E-state index in [1.807, 2.05) is 0 Å². The quantitative estimate of drug-likeness (QED) is 0.802. The van der Waals surface area contributed by atoms with Crippen LogP contribution in [0, 0.1) is 13.8 Å². The van der Waals surface area contributed by atoms with Crippen LogP contribution in [0.1, 0.15) is 24.0 Å². The highest BCUT2D eigenvalue weighted by Crippen LogP contribution is 2.24. The number of hydrogen-bond acceptors (Lipinski definition) is 4. The third-order valence-corrected chi connectivity index (χ3v) is 5.58. The van der Waals surface area contributed by atoms with Crippen LogP contribution in [0.3, 0.4) is 0 Å². The van der Waals surface area contributed by atoms with Crippen molar-refractivity contribution in [3.8, 4) is 0 Å². The molecule has 1 heterocycles. The van der Waals surface area contributed by atoms with Gasteiger partial charge in [-0.2, -0.15) is 0 Å². The minimum absolute atomic E-state index is 0.318. The van der Waals surface area contributed by atoms with Crippen LogP contribution in [0.25, 0.3) is 0 Å². The number of sulfonamides is 1. The predicted octanol–water partition coefficient (Wildman–Crippen LogP) is 1.26. The lowest BCUT2D eigenvalue weighted by Crippen LogP contribution is -2.34. The largest absolute Gasteiger partial charge is 0.398 e. The summed E-state index contributed by atoms with van der Waals surface area (Å²) in [5, 5.41) is 0. The third kappa shape index (κ3) is 3.31. The summed E-state index contributed by atoms with van der Waals surface area (Å²) in [4.78, 5) is 2.60. The van der Waals surface area contributed by atoms with Crippen molar-refractivity contribution < 1.29 is 8.42 Å². The summed E-state index contributed by atoms with van der Waals surface area (Å²) in [5.41, 5.74) is 7.67. The highest BCUT2D eigenvalue weighted by atomic mass is 32.2. The molecule has 2 rings (SSSR count). The molecule has 0 unspecified atom stereocenters. The van der Waals surface area contributed by atoms with E-state index in [0.29, 0.717) is 22.7 Å². The zero-order chi connectivity index (χ0) is 14.8. The number of rotatable bonds is 5. The Morgan fingerprint density at radius 1 is 1.25 bits per heavy atom. The average Bonchev–Trinajstić information content (AvgIpc) is 2.87. The van der Waals surface area contributed by atoms with Crippen molar-refractivity contribution >= 4 is 15.7 Å². The van der Waals surface area contributed by atoms with Crippen molar-refractivity contribution in [2.75, 3.05) is 31.9 Å². The first-order chi connectivity index (χ1) is 9.42. The van der Waals surface area contributed by atoms with Gasteiger partial charge in [-0.05, 0) is 57.0 Å². The van der Waals surface area contributed by atoms with Gasteiger partial charge in [0.25, 0.3) is 0 Å². The number of nitrogen functional groups attached to an aromatic ring is 1. The normalized spacial score (nSPS) is 16.7. The Labute approximate surface area is 121 Å². The Kier molecular flexibility index (Phi) is 4.67. The van der Waals surface area contributed by atoms with Gasteiger partial charge in [0.15, 0.2) is 0 Å². The maximum atomic E-state index is 12.4. The molecular weight excluding hydrogens is 274 g/mol. The highest BCUT2D eigenvalue weighted by molar-refractivity contribution is 7.89. The summed E-state index contributed by atoms with van der Waals surface area (Å²) in [6.45, 7) is 6.88. The molecule has 0 bridgehead atoms. The lowest BCUT2D eigenvalue weighted by Gasteiger charge is -2.17. The van der Waals surface area contributed by atoms with Crippen LogP contribution in [0.2, 0.25) is 0 Å². The van der Waals surface area contributed by atoms with E-state index in [2.05, 4.69) is 9.62 Å². The van der Waals surface area contributed by atoms with Crippen LogP contribution in [-0.4, -0.2) is 39.5 Å². The molecule has 0 spiro atoms. The molecule has 1 fully saturated rings. The molecule has 1 aromatic rings. The van der Waals surface area contributed by atoms with Gasteiger partial charge in [0.1, 0.15) is 0 Å². The maximum Gasteiger partial charge on any atom is 0.241 e. The molecule has 3 N–H and O–H groups in total. The minimum Gasteiger partial charge on any atom is -0.398 e. The first-order valence-electron chi connectivity index (χ1n) is 6.99. The fourth-order valence-corrected chi connectivity index (χ4v) is 4.19. The third-order valence-electron chi connectivity index (χ3n) is 3.83. The molecule has 0 saturated carbocycles. The van der Waals surface area contributed by atoms with Crippen molar-refractivity contribution in [2.24, 2.45) is 0 Å². The van der Waals surface area contributed by atoms with Gasteiger partial charge in [-0.15, -0.1) is 0 Å². The first kappa shape index (κ1) is 15.3. The summed E-state index contributed by atoms with van der Waals surface area (Å²) < 4.78 is 27.5. The molecule has 0 radical (unpaired) electrons. The molecule has 5 nitrogen and oxygen atoms in total. The van der Waals surface area contributed by atoms with Crippen LogP contribution < -0.4 is 10.5 Å². The molecule has 0 amide bonds. The SMILES string of the molecule is Cc1ccc(N)c(C)c1S(=O)(=O)NCCN1CCCC1. The highest BCUT2D eigenvalue weighted by Gasteiger charge is 2.21. The smallest absolute Gasteiger partial charge is 0.241 e. The second-order valence-electron chi connectivity index (χ2n) is 5.37. The zero-order valence-corrected chi connectivity index (χ0v) is 13.0. The Balaban J connectivity index is 2.08. The van der Waals surface area contributed by atoms with E-state index in [-0.39, 0.29) is 0 Å². The molecule has 112 valence electrons. The van der Waals surface area contributed by atoms with E-state index in [1.54, 1.807) is 26.0 Å². The summed E-state index contributed by atoms with van der Waals surface area (Å²) in [6.07, 6.45) is 2.42. The van der Waals surface area contributed by atoms with E-state index >= 15 is 0 Å². The zero-order valence-electron chi connectivity index (χ0n) is 12.1. The standard InChI is InChI=1S/C14H23N3O2S/c1-11-5-6-13(15)12(2)14(11)20(18,19)16-7-10-17-8-3-4-9-17/h5-6,16H,3-4,7-10,15H2,1-2H3. The predicted molar refractivity (Wildman–Crippen MR) is 81.2 cm³/mol. The topological polar surface area (TPSA) is 75.4 Å². The number of likely N-dealkylation sites (tertiary alicyclic amines) is 1. The number of anilines is 1. The summed E-state index contributed by atoms with van der Waals surface area (Å²) in [7, 11) is -3.49. The first-order valence-corrected chi connectivity index (χ1v) is 8.48. The van der Waals surface area contributed by atoms with Gasteiger partial charge in [0.05, 0.1) is 4.90 Å². The number of nitrogens with one attached hydrogen (secondary N) is 1. The number of hydrogen-bond donors (Lipinski definition) is 2. The lowest BCUT2D eigenvalue weighted by atomic mass is 10.1. The van der Waals surface area contributed by atoms with Crippen molar-refractivity contribution in [1.82, 2.24) is 9.62 Å². The summed E-state index contributed by atoms with van der Waals surface area (Å²) in [5.74, 6) is 0. The van der Waals surface area contributed by atoms with Crippen LogP contribution >= 0.6 is 0 Å². The van der Waals surface area contributed by atoms with Crippen molar-refractivity contribution in [3.63, 3.8) is 0 Å².